The van der Waals surface area contributed by atoms with E-state index < -0.39 is 0 Å². The molecule has 1 atom stereocenters. The second kappa shape index (κ2) is 6.53. The molecule has 0 unspecified atom stereocenters. The Balaban J connectivity index is 1.87. The largest absolute Gasteiger partial charge is 0.307 e. The molecule has 1 fully saturated rings. The molecule has 1 heterocycles. The van der Waals surface area contributed by atoms with Crippen molar-refractivity contribution in [3.05, 3.63) is 35.4 Å². The van der Waals surface area contributed by atoms with Crippen LogP contribution in [0.4, 0.5) is 0 Å². The average molecular weight is 260 g/mol. The van der Waals surface area contributed by atoms with Gasteiger partial charge in [-0.1, -0.05) is 24.3 Å². The van der Waals surface area contributed by atoms with Gasteiger partial charge in [0, 0.05) is 18.1 Å². The monoisotopic (exact) mass is 260 g/mol. The Morgan fingerprint density at radius 1 is 1.11 bits per heavy atom. The molecule has 1 N–H and O–H groups in total. The first kappa shape index (κ1) is 14.5. The number of hydrogen-bond acceptors (Lipinski definition) is 2. The number of hydrogen-bond donors (Lipinski definition) is 1. The van der Waals surface area contributed by atoms with Crippen LogP contribution in [0.25, 0.3) is 0 Å². The summed E-state index contributed by atoms with van der Waals surface area (Å²) >= 11 is 0. The third kappa shape index (κ3) is 3.80. The van der Waals surface area contributed by atoms with Crippen molar-refractivity contribution < 1.29 is 0 Å². The molecule has 2 heteroatoms. The Hall–Kier alpha value is -0.860. The zero-order valence-electron chi connectivity index (χ0n) is 12.8. The molecule has 2 nitrogen and oxygen atoms in total. The summed E-state index contributed by atoms with van der Waals surface area (Å²) in [7, 11) is 0. The Morgan fingerprint density at radius 3 is 2.32 bits per heavy atom. The van der Waals surface area contributed by atoms with Crippen molar-refractivity contribution in [3.63, 3.8) is 0 Å². The zero-order chi connectivity index (χ0) is 13.8. The van der Waals surface area contributed by atoms with Gasteiger partial charge in [-0.25, -0.2) is 0 Å². The van der Waals surface area contributed by atoms with Gasteiger partial charge in [-0.3, -0.25) is 0 Å². The summed E-state index contributed by atoms with van der Waals surface area (Å²) < 4.78 is 0. The van der Waals surface area contributed by atoms with Crippen LogP contribution in [0.5, 0.6) is 0 Å². The molecule has 0 amide bonds. The first-order valence-electron chi connectivity index (χ1n) is 7.63. The van der Waals surface area contributed by atoms with E-state index in [1.807, 2.05) is 0 Å². The predicted molar refractivity (Wildman–Crippen MR) is 82.5 cm³/mol. The smallest absolute Gasteiger partial charge is 0.0296 e. The van der Waals surface area contributed by atoms with Crippen molar-refractivity contribution in [2.75, 3.05) is 13.1 Å². The molecule has 1 aromatic carbocycles. The number of rotatable bonds is 4. The number of aryl methyl sites for hydroxylation is 1. The third-order valence-electron chi connectivity index (χ3n) is 4.40. The normalized spacial score (nSPS) is 19.8. The highest BCUT2D eigenvalue weighted by molar-refractivity contribution is 5.28. The molecular formula is C17H28N2. The average Bonchev–Trinajstić information content (AvgIpc) is 2.39. The molecule has 1 aliphatic rings. The van der Waals surface area contributed by atoms with Crippen molar-refractivity contribution in [1.82, 2.24) is 10.2 Å². The van der Waals surface area contributed by atoms with E-state index in [4.69, 9.17) is 0 Å². The summed E-state index contributed by atoms with van der Waals surface area (Å²) in [6.07, 6.45) is 2.54. The minimum Gasteiger partial charge on any atom is -0.307 e. The van der Waals surface area contributed by atoms with Gasteiger partial charge in [0.1, 0.15) is 0 Å². The Labute approximate surface area is 118 Å². The van der Waals surface area contributed by atoms with Crippen LogP contribution < -0.4 is 5.32 Å². The second-order valence-electron chi connectivity index (χ2n) is 6.15. The molecule has 106 valence electrons. The zero-order valence-corrected chi connectivity index (χ0v) is 12.8. The lowest BCUT2D eigenvalue weighted by Crippen LogP contribution is -2.45. The lowest BCUT2D eigenvalue weighted by atomic mass is 9.98. The van der Waals surface area contributed by atoms with Gasteiger partial charge in [-0.15, -0.1) is 0 Å². The highest BCUT2D eigenvalue weighted by Crippen LogP contribution is 2.20. The van der Waals surface area contributed by atoms with E-state index in [1.54, 1.807) is 0 Å². The molecule has 1 aliphatic heterocycles. The first-order chi connectivity index (χ1) is 9.08. The molecule has 1 aromatic rings. The van der Waals surface area contributed by atoms with Crippen molar-refractivity contribution >= 4 is 0 Å². The molecule has 0 bridgehead atoms. The maximum absolute atomic E-state index is 3.81. The highest BCUT2D eigenvalue weighted by Gasteiger charge is 2.22. The maximum atomic E-state index is 3.81. The van der Waals surface area contributed by atoms with Crippen molar-refractivity contribution in [2.45, 2.75) is 58.7 Å². The maximum Gasteiger partial charge on any atom is 0.0296 e. The molecule has 0 aliphatic carbocycles. The molecular weight excluding hydrogens is 232 g/mol. The van der Waals surface area contributed by atoms with Gasteiger partial charge >= 0.3 is 0 Å². The Morgan fingerprint density at radius 2 is 1.74 bits per heavy atom. The molecule has 19 heavy (non-hydrogen) atoms. The molecule has 0 radical (unpaired) electrons. The van der Waals surface area contributed by atoms with Crippen molar-refractivity contribution in [2.24, 2.45) is 0 Å². The first-order valence-corrected chi connectivity index (χ1v) is 7.63. The van der Waals surface area contributed by atoms with E-state index in [0.717, 1.165) is 0 Å². The fourth-order valence-electron chi connectivity index (χ4n) is 3.10. The van der Waals surface area contributed by atoms with Crippen LogP contribution in [0.1, 0.15) is 50.8 Å². The van der Waals surface area contributed by atoms with Gasteiger partial charge in [0.2, 0.25) is 0 Å². The number of likely N-dealkylation sites (tertiary alicyclic amines) is 1. The fourth-order valence-corrected chi connectivity index (χ4v) is 3.10. The van der Waals surface area contributed by atoms with Crippen LogP contribution in [0, 0.1) is 6.92 Å². The van der Waals surface area contributed by atoms with Gasteiger partial charge in [0.25, 0.3) is 0 Å². The van der Waals surface area contributed by atoms with Crippen LogP contribution >= 0.6 is 0 Å². The van der Waals surface area contributed by atoms with E-state index in [2.05, 4.69) is 62.2 Å². The quantitative estimate of drug-likeness (QED) is 0.891. The van der Waals surface area contributed by atoms with Gasteiger partial charge < -0.3 is 10.2 Å². The summed E-state index contributed by atoms with van der Waals surface area (Å²) in [6.45, 7) is 11.5. The molecule has 1 saturated heterocycles. The summed E-state index contributed by atoms with van der Waals surface area (Å²) in [6, 6.07) is 10.5. The molecule has 0 saturated carbocycles. The Kier molecular flexibility index (Phi) is 5.00. The van der Waals surface area contributed by atoms with Crippen LogP contribution in [0.2, 0.25) is 0 Å². The number of nitrogens with zero attached hydrogens (tertiary/aromatic N) is 1. The third-order valence-corrected chi connectivity index (χ3v) is 4.40. The van der Waals surface area contributed by atoms with E-state index >= 15 is 0 Å². The van der Waals surface area contributed by atoms with Gasteiger partial charge in [0.05, 0.1) is 0 Å². The van der Waals surface area contributed by atoms with E-state index in [1.165, 1.54) is 37.1 Å². The highest BCUT2D eigenvalue weighted by atomic mass is 15.2. The van der Waals surface area contributed by atoms with E-state index in [0.29, 0.717) is 18.1 Å². The standard InChI is InChI=1S/C17H28N2/c1-13(2)19-11-9-16(10-12-19)18-15(4)17-8-6-5-7-14(17)3/h5-8,13,15-16,18H,9-12H2,1-4H3/t15-/m1/s1. The minimum absolute atomic E-state index is 0.455. The summed E-state index contributed by atoms with van der Waals surface area (Å²) in [5.74, 6) is 0. The molecule has 2 rings (SSSR count). The molecule has 0 aromatic heterocycles. The minimum atomic E-state index is 0.455. The lowest BCUT2D eigenvalue weighted by molar-refractivity contribution is 0.157. The van der Waals surface area contributed by atoms with Crippen molar-refractivity contribution in [3.8, 4) is 0 Å². The van der Waals surface area contributed by atoms with Crippen LogP contribution in [-0.2, 0) is 0 Å². The van der Waals surface area contributed by atoms with Gasteiger partial charge in [-0.2, -0.15) is 0 Å². The van der Waals surface area contributed by atoms with E-state index in [-0.39, 0.29) is 0 Å². The van der Waals surface area contributed by atoms with E-state index in [9.17, 15) is 0 Å². The second-order valence-corrected chi connectivity index (χ2v) is 6.15. The predicted octanol–water partition coefficient (Wildman–Crippen LogP) is 3.52. The van der Waals surface area contributed by atoms with Gasteiger partial charge in [0.15, 0.2) is 0 Å². The SMILES string of the molecule is Cc1ccccc1[C@@H](C)NC1CCN(C(C)C)CC1. The number of nitrogens with one attached hydrogen (secondary N) is 1. The number of piperidine rings is 1. The van der Waals surface area contributed by atoms with Crippen LogP contribution in [-0.4, -0.2) is 30.1 Å². The molecule has 0 spiro atoms. The fraction of sp³-hybridized carbons (Fsp3) is 0.647. The van der Waals surface area contributed by atoms with Gasteiger partial charge in [-0.05, 0) is 64.8 Å². The summed E-state index contributed by atoms with van der Waals surface area (Å²) in [4.78, 5) is 2.58. The van der Waals surface area contributed by atoms with Crippen LogP contribution in [0.3, 0.4) is 0 Å². The Bertz CT molecular complexity index is 392. The topological polar surface area (TPSA) is 15.3 Å². The van der Waals surface area contributed by atoms with Crippen LogP contribution in [0.15, 0.2) is 24.3 Å². The number of benzene rings is 1. The van der Waals surface area contributed by atoms with Crippen molar-refractivity contribution in [1.29, 1.82) is 0 Å². The summed E-state index contributed by atoms with van der Waals surface area (Å²) in [5, 5.41) is 3.81. The summed E-state index contributed by atoms with van der Waals surface area (Å²) in [5.41, 5.74) is 2.83. The lowest BCUT2D eigenvalue weighted by Gasteiger charge is -2.36.